The maximum atomic E-state index is 12.6. The van der Waals surface area contributed by atoms with Gasteiger partial charge in [-0.2, -0.15) is 0 Å². The van der Waals surface area contributed by atoms with Crippen molar-refractivity contribution in [3.05, 3.63) is 68.9 Å². The lowest BCUT2D eigenvalue weighted by Crippen LogP contribution is -2.34. The number of nitrogens with one attached hydrogen (secondary N) is 4. The van der Waals surface area contributed by atoms with Gasteiger partial charge in [-0.3, -0.25) is 14.2 Å². The molecule has 1 aliphatic carbocycles. The summed E-state index contributed by atoms with van der Waals surface area (Å²) in [6, 6.07) is 11.3. The Hall–Kier alpha value is -3.88. The minimum absolute atomic E-state index is 0.249. The van der Waals surface area contributed by atoms with Crippen LogP contribution in [-0.4, -0.2) is 27.5 Å². The minimum atomic E-state index is -0.513. The maximum absolute atomic E-state index is 12.6. The van der Waals surface area contributed by atoms with Crippen molar-refractivity contribution >= 4 is 34.2 Å². The van der Waals surface area contributed by atoms with Gasteiger partial charge in [0.05, 0.1) is 10.9 Å². The number of anilines is 2. The summed E-state index contributed by atoms with van der Waals surface area (Å²) < 4.78 is 1.10. The average molecular weight is 407 g/mol. The number of hydrogen-bond acceptors (Lipinski definition) is 4. The van der Waals surface area contributed by atoms with E-state index in [4.69, 9.17) is 0 Å². The van der Waals surface area contributed by atoms with Crippen molar-refractivity contribution < 1.29 is 9.59 Å². The highest BCUT2D eigenvalue weighted by Crippen LogP contribution is 2.19. The van der Waals surface area contributed by atoms with E-state index in [9.17, 15) is 19.2 Å². The van der Waals surface area contributed by atoms with Gasteiger partial charge in [0.2, 0.25) is 0 Å². The topological polar surface area (TPSA) is 125 Å². The molecule has 0 bridgehead atoms. The molecule has 0 atom stereocenters. The van der Waals surface area contributed by atoms with Crippen molar-refractivity contribution in [3.63, 3.8) is 0 Å². The number of H-pyrrole nitrogens is 1. The van der Waals surface area contributed by atoms with Gasteiger partial charge in [-0.15, -0.1) is 0 Å². The molecule has 0 radical (unpaired) electrons. The van der Waals surface area contributed by atoms with E-state index in [1.807, 2.05) is 0 Å². The number of amides is 3. The Bertz CT molecular complexity index is 1240. The van der Waals surface area contributed by atoms with E-state index in [0.717, 1.165) is 17.4 Å². The molecule has 4 rings (SSSR count). The summed E-state index contributed by atoms with van der Waals surface area (Å²) in [6.07, 6.45) is 2.02. The summed E-state index contributed by atoms with van der Waals surface area (Å²) in [5, 5.41) is 8.66. The number of aromatic amines is 1. The zero-order valence-electron chi connectivity index (χ0n) is 16.3. The first-order valence-corrected chi connectivity index (χ1v) is 9.70. The third kappa shape index (κ3) is 4.09. The Morgan fingerprint density at radius 1 is 1.03 bits per heavy atom. The van der Waals surface area contributed by atoms with E-state index in [1.54, 1.807) is 31.2 Å². The van der Waals surface area contributed by atoms with Crippen LogP contribution < -0.4 is 27.2 Å². The summed E-state index contributed by atoms with van der Waals surface area (Å²) in [6.45, 7) is 1.98. The number of carbonyl (C=O) groups is 2. The van der Waals surface area contributed by atoms with E-state index in [2.05, 4.69) is 20.9 Å². The smallest absolute Gasteiger partial charge is 0.328 e. The van der Waals surface area contributed by atoms with Crippen molar-refractivity contribution in [1.82, 2.24) is 14.9 Å². The van der Waals surface area contributed by atoms with Gasteiger partial charge in [-0.25, -0.2) is 9.59 Å². The van der Waals surface area contributed by atoms with E-state index in [0.29, 0.717) is 27.8 Å². The van der Waals surface area contributed by atoms with Gasteiger partial charge in [-0.1, -0.05) is 0 Å². The molecular weight excluding hydrogens is 386 g/mol. The predicted octanol–water partition coefficient (Wildman–Crippen LogP) is 2.25. The van der Waals surface area contributed by atoms with Crippen LogP contribution in [-0.2, 0) is 6.54 Å². The number of fused-ring (bicyclic) bond motifs is 1. The van der Waals surface area contributed by atoms with Crippen molar-refractivity contribution in [1.29, 1.82) is 0 Å². The van der Waals surface area contributed by atoms with Gasteiger partial charge >= 0.3 is 11.7 Å². The lowest BCUT2D eigenvalue weighted by atomic mass is 10.1. The number of hydrogen-bond donors (Lipinski definition) is 4. The molecule has 1 aromatic heterocycles. The Morgan fingerprint density at radius 2 is 1.70 bits per heavy atom. The van der Waals surface area contributed by atoms with E-state index in [1.165, 1.54) is 18.2 Å². The average Bonchev–Trinajstić information content (AvgIpc) is 3.53. The van der Waals surface area contributed by atoms with E-state index >= 15 is 0 Å². The van der Waals surface area contributed by atoms with Crippen LogP contribution in [0.2, 0.25) is 0 Å². The fourth-order valence-corrected chi connectivity index (χ4v) is 3.10. The van der Waals surface area contributed by atoms with Crippen molar-refractivity contribution in [2.75, 3.05) is 10.6 Å². The third-order valence-electron chi connectivity index (χ3n) is 4.87. The highest BCUT2D eigenvalue weighted by Gasteiger charge is 2.23. The first kappa shape index (κ1) is 19.4. The van der Waals surface area contributed by atoms with Crippen molar-refractivity contribution in [2.45, 2.75) is 32.4 Å². The fraction of sp³-hybridized carbons (Fsp3) is 0.238. The molecule has 2 aromatic carbocycles. The van der Waals surface area contributed by atoms with Crippen LogP contribution in [0.3, 0.4) is 0 Å². The molecule has 3 amide bonds. The molecule has 30 heavy (non-hydrogen) atoms. The zero-order valence-corrected chi connectivity index (χ0v) is 16.3. The largest absolute Gasteiger partial charge is 0.335 e. The van der Waals surface area contributed by atoms with Crippen LogP contribution in [0.25, 0.3) is 10.9 Å². The van der Waals surface area contributed by atoms with Crippen LogP contribution in [0.5, 0.6) is 0 Å². The van der Waals surface area contributed by atoms with Gasteiger partial charge < -0.3 is 20.9 Å². The second-order valence-corrected chi connectivity index (χ2v) is 7.14. The molecule has 1 saturated carbocycles. The molecule has 4 N–H and O–H groups in total. The summed E-state index contributed by atoms with van der Waals surface area (Å²) in [5.74, 6) is -0.385. The lowest BCUT2D eigenvalue weighted by Gasteiger charge is -2.09. The summed E-state index contributed by atoms with van der Waals surface area (Å²) >= 11 is 0. The minimum Gasteiger partial charge on any atom is -0.335 e. The molecule has 0 spiro atoms. The SMILES string of the molecule is CCn1c(=O)[nH]c2cc(C(=O)Nc3ccc(NC(=O)NC4CC4)cc3)ccc2c1=O. The molecule has 0 saturated heterocycles. The highest BCUT2D eigenvalue weighted by molar-refractivity contribution is 6.06. The Balaban J connectivity index is 1.48. The Kier molecular flexibility index (Phi) is 5.09. The summed E-state index contributed by atoms with van der Waals surface area (Å²) in [7, 11) is 0. The zero-order chi connectivity index (χ0) is 21.3. The molecule has 0 aliphatic heterocycles. The van der Waals surface area contributed by atoms with Gasteiger partial charge in [-0.05, 0) is 62.2 Å². The first-order chi connectivity index (χ1) is 14.4. The molecule has 3 aromatic rings. The monoisotopic (exact) mass is 407 g/mol. The molecular formula is C21H21N5O4. The second-order valence-electron chi connectivity index (χ2n) is 7.14. The van der Waals surface area contributed by atoms with Gasteiger partial charge in [0.25, 0.3) is 11.5 Å². The predicted molar refractivity (Wildman–Crippen MR) is 114 cm³/mol. The standard InChI is InChI=1S/C21H21N5O4/c1-2-26-19(28)16-10-3-12(11-17(16)25-21(26)30)18(27)22-13-4-6-14(7-5-13)23-20(29)24-15-8-9-15/h3-7,10-11,15H,2,8-9H2,1H3,(H,22,27)(H,25,30)(H2,23,24,29). The summed E-state index contributed by atoms with van der Waals surface area (Å²) in [4.78, 5) is 51.3. The highest BCUT2D eigenvalue weighted by atomic mass is 16.2. The molecule has 0 unspecified atom stereocenters. The van der Waals surface area contributed by atoms with Crippen LogP contribution in [0.15, 0.2) is 52.1 Å². The second kappa shape index (κ2) is 7.86. The fourth-order valence-electron chi connectivity index (χ4n) is 3.10. The van der Waals surface area contributed by atoms with Gasteiger partial charge in [0.15, 0.2) is 0 Å². The van der Waals surface area contributed by atoms with Crippen LogP contribution in [0, 0.1) is 0 Å². The third-order valence-corrected chi connectivity index (χ3v) is 4.87. The Morgan fingerprint density at radius 3 is 2.33 bits per heavy atom. The molecule has 1 heterocycles. The number of carbonyl (C=O) groups excluding carboxylic acids is 2. The number of urea groups is 1. The van der Waals surface area contributed by atoms with E-state index < -0.39 is 11.2 Å². The normalized spacial score (nSPS) is 13.1. The number of nitrogens with zero attached hydrogens (tertiary/aromatic N) is 1. The molecule has 9 heteroatoms. The lowest BCUT2D eigenvalue weighted by molar-refractivity contribution is 0.102. The molecule has 1 fully saturated rings. The van der Waals surface area contributed by atoms with E-state index in [-0.39, 0.29) is 24.5 Å². The van der Waals surface area contributed by atoms with Gasteiger partial charge in [0, 0.05) is 29.5 Å². The van der Waals surface area contributed by atoms with Gasteiger partial charge in [0.1, 0.15) is 0 Å². The van der Waals surface area contributed by atoms with Crippen LogP contribution >= 0.6 is 0 Å². The number of rotatable bonds is 5. The summed E-state index contributed by atoms with van der Waals surface area (Å²) in [5.41, 5.74) is 0.865. The number of benzene rings is 2. The quantitative estimate of drug-likeness (QED) is 0.518. The molecule has 1 aliphatic rings. The van der Waals surface area contributed by atoms with Crippen molar-refractivity contribution in [2.24, 2.45) is 0 Å². The number of aromatic nitrogens is 2. The maximum Gasteiger partial charge on any atom is 0.328 e. The van der Waals surface area contributed by atoms with Crippen molar-refractivity contribution in [3.8, 4) is 0 Å². The Labute approximate surface area is 171 Å². The van der Waals surface area contributed by atoms with Crippen LogP contribution in [0.1, 0.15) is 30.1 Å². The molecule has 154 valence electrons. The first-order valence-electron chi connectivity index (χ1n) is 9.70. The van der Waals surface area contributed by atoms with Crippen LogP contribution in [0.4, 0.5) is 16.2 Å². The molecule has 9 nitrogen and oxygen atoms in total.